The van der Waals surface area contributed by atoms with Crippen molar-refractivity contribution in [2.75, 3.05) is 11.4 Å². The molecular formula is C14H21BrN2. The largest absolute Gasteiger partial charge is 0.353 e. The fourth-order valence-corrected chi connectivity index (χ4v) is 3.14. The minimum Gasteiger partial charge on any atom is -0.353 e. The van der Waals surface area contributed by atoms with Gasteiger partial charge in [-0.05, 0) is 31.7 Å². The van der Waals surface area contributed by atoms with Crippen LogP contribution >= 0.6 is 15.9 Å². The van der Waals surface area contributed by atoms with Crippen LogP contribution in [0.2, 0.25) is 0 Å². The first-order valence-corrected chi connectivity index (χ1v) is 7.75. The lowest BCUT2D eigenvalue weighted by atomic mass is 9.98. The van der Waals surface area contributed by atoms with Gasteiger partial charge in [0.2, 0.25) is 0 Å². The van der Waals surface area contributed by atoms with Crippen LogP contribution in [0.3, 0.4) is 0 Å². The van der Waals surface area contributed by atoms with Crippen molar-refractivity contribution in [3.63, 3.8) is 0 Å². The Morgan fingerprint density at radius 3 is 3.12 bits per heavy atom. The van der Waals surface area contributed by atoms with Crippen LogP contribution in [-0.2, 0) is 5.33 Å². The normalized spacial score (nSPS) is 20.6. The molecule has 2 rings (SSSR count). The Morgan fingerprint density at radius 2 is 2.35 bits per heavy atom. The van der Waals surface area contributed by atoms with Crippen LogP contribution in [0.5, 0.6) is 0 Å². The lowest BCUT2D eigenvalue weighted by Gasteiger charge is -2.37. The number of anilines is 1. The topological polar surface area (TPSA) is 16.1 Å². The van der Waals surface area contributed by atoms with Crippen molar-refractivity contribution in [1.29, 1.82) is 0 Å². The summed E-state index contributed by atoms with van der Waals surface area (Å²) in [6.45, 7) is 3.44. The third-order valence-corrected chi connectivity index (χ3v) is 4.14. The molecule has 17 heavy (non-hydrogen) atoms. The molecule has 0 radical (unpaired) electrons. The zero-order valence-electron chi connectivity index (χ0n) is 10.5. The monoisotopic (exact) mass is 296 g/mol. The molecule has 0 N–H and O–H groups in total. The minimum absolute atomic E-state index is 0.696. The predicted octanol–water partition coefficient (Wildman–Crippen LogP) is 4.14. The van der Waals surface area contributed by atoms with Crippen molar-refractivity contribution < 1.29 is 0 Å². The number of halogens is 1. The summed E-state index contributed by atoms with van der Waals surface area (Å²) in [7, 11) is 0. The molecule has 94 valence electrons. The summed E-state index contributed by atoms with van der Waals surface area (Å²) in [6.07, 6.45) is 8.47. The van der Waals surface area contributed by atoms with E-state index < -0.39 is 0 Å². The first-order valence-electron chi connectivity index (χ1n) is 6.63. The number of piperidine rings is 1. The second-order valence-corrected chi connectivity index (χ2v) is 5.31. The number of hydrogen-bond donors (Lipinski definition) is 0. The molecule has 0 bridgehead atoms. The van der Waals surface area contributed by atoms with Gasteiger partial charge in [0.15, 0.2) is 0 Å². The van der Waals surface area contributed by atoms with Gasteiger partial charge in [-0.2, -0.15) is 0 Å². The van der Waals surface area contributed by atoms with Crippen LogP contribution in [-0.4, -0.2) is 17.6 Å². The molecule has 0 aliphatic carbocycles. The van der Waals surface area contributed by atoms with E-state index in [1.54, 1.807) is 0 Å². The highest BCUT2D eigenvalue weighted by molar-refractivity contribution is 9.08. The Balaban J connectivity index is 2.22. The number of alkyl halides is 1. The molecule has 2 nitrogen and oxygen atoms in total. The summed E-state index contributed by atoms with van der Waals surface area (Å²) < 4.78 is 0. The minimum atomic E-state index is 0.696. The van der Waals surface area contributed by atoms with Gasteiger partial charge in [0, 0.05) is 29.7 Å². The predicted molar refractivity (Wildman–Crippen MR) is 76.8 cm³/mol. The lowest BCUT2D eigenvalue weighted by molar-refractivity contribution is 0.431. The van der Waals surface area contributed by atoms with E-state index in [0.717, 1.165) is 5.33 Å². The number of rotatable bonds is 4. The molecule has 1 aromatic rings. The van der Waals surface area contributed by atoms with Crippen molar-refractivity contribution in [1.82, 2.24) is 4.98 Å². The molecule has 1 fully saturated rings. The lowest BCUT2D eigenvalue weighted by Crippen LogP contribution is -2.40. The fourth-order valence-electron chi connectivity index (χ4n) is 2.71. The van der Waals surface area contributed by atoms with E-state index in [-0.39, 0.29) is 0 Å². The summed E-state index contributed by atoms with van der Waals surface area (Å²) in [5.74, 6) is 1.20. The van der Waals surface area contributed by atoms with Crippen LogP contribution in [0.4, 0.5) is 5.82 Å². The summed E-state index contributed by atoms with van der Waals surface area (Å²) in [4.78, 5) is 7.13. The molecule has 1 aliphatic heterocycles. The number of pyridine rings is 1. The first-order chi connectivity index (χ1) is 8.36. The smallest absolute Gasteiger partial charge is 0.132 e. The van der Waals surface area contributed by atoms with Crippen molar-refractivity contribution in [2.45, 2.75) is 50.4 Å². The van der Waals surface area contributed by atoms with Crippen LogP contribution in [0.1, 0.15) is 44.6 Å². The van der Waals surface area contributed by atoms with Gasteiger partial charge in [-0.1, -0.05) is 35.3 Å². The summed E-state index contributed by atoms with van der Waals surface area (Å²) in [5.41, 5.74) is 1.32. The second kappa shape index (κ2) is 6.39. The highest BCUT2D eigenvalue weighted by atomic mass is 79.9. The molecule has 1 aliphatic rings. The molecular weight excluding hydrogens is 276 g/mol. The molecule has 0 saturated carbocycles. The Hall–Kier alpha value is -0.570. The molecule has 1 aromatic heterocycles. The van der Waals surface area contributed by atoms with Crippen molar-refractivity contribution in [2.24, 2.45) is 0 Å². The van der Waals surface area contributed by atoms with Crippen LogP contribution in [0.25, 0.3) is 0 Å². The first kappa shape index (κ1) is 12.9. The number of hydrogen-bond acceptors (Lipinski definition) is 2. The second-order valence-electron chi connectivity index (χ2n) is 4.75. The van der Waals surface area contributed by atoms with E-state index in [1.165, 1.54) is 50.0 Å². The Labute approximate surface area is 113 Å². The highest BCUT2D eigenvalue weighted by Crippen LogP contribution is 2.29. The van der Waals surface area contributed by atoms with E-state index in [1.807, 2.05) is 12.3 Å². The van der Waals surface area contributed by atoms with Gasteiger partial charge in [-0.25, -0.2) is 4.98 Å². The third-order valence-electron chi connectivity index (χ3n) is 3.53. The van der Waals surface area contributed by atoms with E-state index >= 15 is 0 Å². The van der Waals surface area contributed by atoms with Gasteiger partial charge >= 0.3 is 0 Å². The molecule has 2 heterocycles. The van der Waals surface area contributed by atoms with E-state index in [9.17, 15) is 0 Å². The molecule has 0 amide bonds. The molecule has 1 atom stereocenters. The highest BCUT2D eigenvalue weighted by Gasteiger charge is 2.24. The zero-order valence-corrected chi connectivity index (χ0v) is 12.1. The van der Waals surface area contributed by atoms with E-state index in [2.05, 4.69) is 38.8 Å². The van der Waals surface area contributed by atoms with Crippen LogP contribution in [0.15, 0.2) is 18.3 Å². The van der Waals surface area contributed by atoms with Gasteiger partial charge in [0.05, 0.1) is 0 Å². The van der Waals surface area contributed by atoms with Gasteiger partial charge in [-0.15, -0.1) is 0 Å². The standard InChI is InChI=1S/C14H21BrN2/c1-2-6-13-8-3-4-10-17(13)14-12(11-15)7-5-9-16-14/h5,7,9,13H,2-4,6,8,10-11H2,1H3. The zero-order chi connectivity index (χ0) is 12.1. The Bertz CT molecular complexity index is 352. The summed E-state index contributed by atoms with van der Waals surface area (Å²) in [5, 5.41) is 0.894. The SMILES string of the molecule is CCCC1CCCCN1c1ncccc1CBr. The van der Waals surface area contributed by atoms with Gasteiger partial charge in [0.1, 0.15) is 5.82 Å². The van der Waals surface area contributed by atoms with Gasteiger partial charge in [-0.3, -0.25) is 0 Å². The average Bonchev–Trinajstić information content (AvgIpc) is 2.40. The Morgan fingerprint density at radius 1 is 1.47 bits per heavy atom. The number of nitrogens with zero attached hydrogens (tertiary/aromatic N) is 2. The number of aromatic nitrogens is 1. The Kier molecular flexibility index (Phi) is 4.84. The molecule has 0 aromatic carbocycles. The molecule has 1 unspecified atom stereocenters. The van der Waals surface area contributed by atoms with Crippen molar-refractivity contribution in [3.05, 3.63) is 23.9 Å². The van der Waals surface area contributed by atoms with Crippen molar-refractivity contribution >= 4 is 21.7 Å². The fraction of sp³-hybridized carbons (Fsp3) is 0.643. The van der Waals surface area contributed by atoms with E-state index in [4.69, 9.17) is 0 Å². The molecule has 1 saturated heterocycles. The maximum atomic E-state index is 4.60. The maximum absolute atomic E-state index is 4.60. The summed E-state index contributed by atoms with van der Waals surface area (Å²) in [6, 6.07) is 4.90. The molecule has 3 heteroatoms. The summed E-state index contributed by atoms with van der Waals surface area (Å²) >= 11 is 3.57. The third kappa shape index (κ3) is 3.01. The van der Waals surface area contributed by atoms with Crippen LogP contribution in [0, 0.1) is 0 Å². The van der Waals surface area contributed by atoms with Crippen LogP contribution < -0.4 is 4.90 Å². The quantitative estimate of drug-likeness (QED) is 0.777. The van der Waals surface area contributed by atoms with E-state index in [0.29, 0.717) is 6.04 Å². The van der Waals surface area contributed by atoms with Gasteiger partial charge in [0.25, 0.3) is 0 Å². The van der Waals surface area contributed by atoms with Crippen molar-refractivity contribution in [3.8, 4) is 0 Å². The molecule has 0 spiro atoms. The maximum Gasteiger partial charge on any atom is 0.132 e. The average molecular weight is 297 g/mol. The van der Waals surface area contributed by atoms with Gasteiger partial charge < -0.3 is 4.90 Å².